The van der Waals surface area contributed by atoms with Gasteiger partial charge in [-0.25, -0.2) is 13.4 Å². The van der Waals surface area contributed by atoms with Crippen LogP contribution < -0.4 is 58.1 Å². The van der Waals surface area contributed by atoms with Crippen molar-refractivity contribution in [3.8, 4) is 0 Å². The number of benzene rings is 5. The van der Waals surface area contributed by atoms with Crippen LogP contribution in [0.15, 0.2) is 134 Å². The summed E-state index contributed by atoms with van der Waals surface area (Å²) in [6.07, 6.45) is 4.96. The van der Waals surface area contributed by atoms with E-state index in [4.69, 9.17) is 18.1 Å². The van der Waals surface area contributed by atoms with Crippen molar-refractivity contribution in [3.63, 3.8) is 0 Å². The predicted molar refractivity (Wildman–Crippen MR) is 241 cm³/mol. The zero-order valence-electron chi connectivity index (χ0n) is 35.1. The number of alkyl halides is 3. The molecule has 5 aromatic carbocycles. The molecule has 0 saturated heterocycles. The van der Waals surface area contributed by atoms with E-state index < -0.39 is 31.0 Å². The van der Waals surface area contributed by atoms with Crippen molar-refractivity contribution in [2.24, 2.45) is 0 Å². The normalized spacial score (nSPS) is 13.2. The quantitative estimate of drug-likeness (QED) is 0.0646. The van der Waals surface area contributed by atoms with Gasteiger partial charge in [-0.15, -0.1) is 5.10 Å². The number of hydrogen-bond acceptors (Lipinski definition) is 7. The van der Waals surface area contributed by atoms with Gasteiger partial charge in [-0.05, 0) is 83.2 Å². The molecule has 9 nitrogen and oxygen atoms in total. The number of nitrogens with zero attached hydrogens (tertiary/aromatic N) is 5. The first-order chi connectivity index (χ1) is 28.4. The molecule has 16 heteroatoms. The summed E-state index contributed by atoms with van der Waals surface area (Å²) >= 11 is 0. The molecular weight excluding hydrogens is 901 g/mol. The average molecular weight is 952 g/mol. The second kappa shape index (κ2) is 19.6. The molecule has 1 N–H and O–H groups in total. The van der Waals surface area contributed by atoms with Crippen LogP contribution in [-0.2, 0) is 23.1 Å². The van der Waals surface area contributed by atoms with Crippen molar-refractivity contribution in [3.05, 3.63) is 150 Å². The molecule has 0 radical (unpaired) electrons. The minimum atomic E-state index is -6.09. The Kier molecular flexibility index (Phi) is 15.2. The molecule has 0 aliphatic carbocycles. The Labute approximate surface area is 369 Å². The number of rotatable bonds is 12. The van der Waals surface area contributed by atoms with E-state index in [2.05, 4.69) is 195 Å². The fourth-order valence-electron chi connectivity index (χ4n) is 7.75. The van der Waals surface area contributed by atoms with E-state index in [1.165, 1.54) is 54.5 Å². The van der Waals surface area contributed by atoms with Crippen LogP contribution in [0, 0.1) is 0 Å². The van der Waals surface area contributed by atoms with E-state index in [0.717, 1.165) is 37.8 Å². The number of aromatic nitrogens is 3. The van der Waals surface area contributed by atoms with Crippen molar-refractivity contribution < 1.29 is 48.1 Å². The lowest BCUT2D eigenvalue weighted by atomic mass is 10.00. The predicted octanol–water partition coefficient (Wildman–Crippen LogP) is 1.15. The summed E-state index contributed by atoms with van der Waals surface area (Å²) in [5.74, 6) is 0. The van der Waals surface area contributed by atoms with E-state index in [1.807, 2.05) is 4.68 Å². The van der Waals surface area contributed by atoms with Crippen LogP contribution in [0.3, 0.4) is 0 Å². The molecular formula is C45H51BrF3N6O3PSSi. The number of anilines is 2. The van der Waals surface area contributed by atoms with Crippen molar-refractivity contribution >= 4 is 68.8 Å². The number of nitrogens with one attached hydrogen (secondary N) is 1. The SMILES string of the molecule is CN(C)c1ccc2c(c1)[Si](C)(C)c1cc(N(C)C)ccc1C2=[NH+]CCCn1cc(CC[P+](c2ccccc2)(c2ccccc2)c2ccccc2)nn1.O=S(=O)([O-])C(F)(F)F.[Br-]. The van der Waals surface area contributed by atoms with E-state index in [1.54, 1.807) is 0 Å². The zero-order valence-corrected chi connectivity index (χ0v) is 39.4. The highest BCUT2D eigenvalue weighted by molar-refractivity contribution is 7.95. The van der Waals surface area contributed by atoms with Gasteiger partial charge in [-0.3, -0.25) is 4.68 Å². The molecule has 0 fully saturated rings. The van der Waals surface area contributed by atoms with Gasteiger partial charge in [0.25, 0.3) is 0 Å². The van der Waals surface area contributed by atoms with Gasteiger partial charge in [0, 0.05) is 76.3 Å². The van der Waals surface area contributed by atoms with Crippen LogP contribution in [0.1, 0.15) is 23.2 Å². The molecule has 1 aliphatic rings. The van der Waals surface area contributed by atoms with Crippen LogP contribution in [-0.4, -0.2) is 88.2 Å². The first-order valence-corrected chi connectivity index (χ1v) is 26.0. The number of fused-ring (bicyclic) bond motifs is 2. The van der Waals surface area contributed by atoms with E-state index in [9.17, 15) is 13.2 Å². The summed E-state index contributed by atoms with van der Waals surface area (Å²) in [5, 5.41) is 16.5. The molecule has 6 aromatic rings. The monoisotopic (exact) mass is 950 g/mol. The maximum atomic E-state index is 10.7. The van der Waals surface area contributed by atoms with Crippen LogP contribution >= 0.6 is 7.26 Å². The average Bonchev–Trinajstić information content (AvgIpc) is 3.69. The van der Waals surface area contributed by atoms with Crippen LogP contribution in [0.25, 0.3) is 0 Å². The van der Waals surface area contributed by atoms with Crippen LogP contribution in [0.5, 0.6) is 0 Å². The molecule has 2 heterocycles. The fourth-order valence-corrected chi connectivity index (χ4v) is 15.1. The van der Waals surface area contributed by atoms with E-state index >= 15 is 0 Å². The second-order valence-electron chi connectivity index (χ2n) is 15.7. The maximum Gasteiger partial charge on any atom is 0.485 e. The van der Waals surface area contributed by atoms with E-state index in [-0.39, 0.29) is 17.0 Å². The summed E-state index contributed by atoms with van der Waals surface area (Å²) in [6.45, 7) is 6.64. The molecule has 1 aliphatic heterocycles. The Morgan fingerprint density at radius 2 is 1.16 bits per heavy atom. The Hall–Kier alpha value is -4.66. The Balaban J connectivity index is 0.000000712. The second-order valence-corrected chi connectivity index (χ2v) is 25.0. The van der Waals surface area contributed by atoms with Gasteiger partial charge >= 0.3 is 5.51 Å². The Morgan fingerprint density at radius 1 is 0.738 bits per heavy atom. The Morgan fingerprint density at radius 3 is 1.56 bits per heavy atom. The third-order valence-corrected chi connectivity index (χ3v) is 19.5. The van der Waals surface area contributed by atoms with Gasteiger partial charge in [0.1, 0.15) is 37.8 Å². The maximum absolute atomic E-state index is 10.7. The standard InChI is InChI=1S/C44H50N6PSi.CHF3O3S.BrH/c1-48(2)35-23-25-40-42(31-35)52(5,6)43-32-36(49(3)4)24-26-41(43)44(40)45-28-16-29-50-33-34(46-47-50)27-30-51(37-17-10-7-11-18-37,38-19-12-8-13-20-38)39-21-14-9-15-22-39;2-1(3,4)8(5,6)7;/h7-15,17-26,31-33H,16,27-30H2,1-6H3;(H,5,6,7);1H/q+1;;/p-1. The van der Waals surface area contributed by atoms with Gasteiger partial charge in [0.05, 0.1) is 11.9 Å². The summed E-state index contributed by atoms with van der Waals surface area (Å²) in [7, 11) is -1.45. The van der Waals surface area contributed by atoms with Gasteiger partial charge in [-0.1, -0.05) is 72.9 Å². The van der Waals surface area contributed by atoms with Crippen LogP contribution in [0.2, 0.25) is 13.1 Å². The smallest absolute Gasteiger partial charge is 0.485 e. The molecule has 1 aromatic heterocycles. The molecule has 0 amide bonds. The zero-order chi connectivity index (χ0) is 43.3. The molecule has 7 rings (SSSR count). The Bertz CT molecular complexity index is 2380. The minimum absolute atomic E-state index is 0. The van der Waals surface area contributed by atoms with Gasteiger partial charge in [-0.2, -0.15) is 13.2 Å². The van der Waals surface area contributed by atoms with E-state index in [0.29, 0.717) is 0 Å². The lowest BCUT2D eigenvalue weighted by Gasteiger charge is -2.34. The largest absolute Gasteiger partial charge is 1.00 e. The van der Waals surface area contributed by atoms with Gasteiger partial charge in [0.2, 0.25) is 5.71 Å². The molecule has 0 spiro atoms. The van der Waals surface area contributed by atoms with Crippen LogP contribution in [0.4, 0.5) is 24.5 Å². The molecule has 0 atom stereocenters. The summed E-state index contributed by atoms with van der Waals surface area (Å²) < 4.78 is 60.9. The molecule has 0 bridgehead atoms. The van der Waals surface area contributed by atoms with Crippen molar-refractivity contribution in [1.29, 1.82) is 0 Å². The van der Waals surface area contributed by atoms with Gasteiger partial charge in [0.15, 0.2) is 10.1 Å². The lowest BCUT2D eigenvalue weighted by molar-refractivity contribution is -0.456. The van der Waals surface area contributed by atoms with Gasteiger partial charge < -0.3 is 31.3 Å². The molecule has 322 valence electrons. The molecule has 61 heavy (non-hydrogen) atoms. The highest BCUT2D eigenvalue weighted by Crippen LogP contribution is 2.55. The van der Waals surface area contributed by atoms with Crippen molar-refractivity contribution in [2.45, 2.75) is 38.0 Å². The summed E-state index contributed by atoms with van der Waals surface area (Å²) in [5.41, 5.74) is 1.84. The topological polar surface area (TPSA) is 108 Å². The van der Waals surface area contributed by atoms with Crippen molar-refractivity contribution in [2.75, 3.05) is 50.7 Å². The molecule has 0 saturated carbocycles. The highest BCUT2D eigenvalue weighted by Gasteiger charge is 2.45. The third kappa shape index (κ3) is 10.5. The summed E-state index contributed by atoms with van der Waals surface area (Å²) in [6, 6.07) is 47.3. The lowest BCUT2D eigenvalue weighted by Crippen LogP contribution is -3.00. The number of aryl methyl sites for hydroxylation is 2. The minimum Gasteiger partial charge on any atom is -1.00 e. The first kappa shape index (κ1) is 47.4. The number of halogens is 4. The summed E-state index contributed by atoms with van der Waals surface area (Å²) in [4.78, 5) is 8.32. The fraction of sp³-hybridized carbons (Fsp3) is 0.267. The highest BCUT2D eigenvalue weighted by atomic mass is 79.9. The first-order valence-electron chi connectivity index (χ1n) is 19.6. The molecule has 0 unspecified atom stereocenters. The third-order valence-electron chi connectivity index (χ3n) is 11.0. The van der Waals surface area contributed by atoms with Crippen molar-refractivity contribution in [1.82, 2.24) is 15.0 Å². The number of hydrogen-bond donors (Lipinski definition) is 1.